The molecule has 0 spiro atoms. The Hall–Kier alpha value is -3.80. The number of carbonyl (C=O) groups excluding carboxylic acids is 2. The van der Waals surface area contributed by atoms with Crippen LogP contribution in [0.4, 0.5) is 0 Å². The van der Waals surface area contributed by atoms with Gasteiger partial charge in [-0.3, -0.25) is 0 Å². The van der Waals surface area contributed by atoms with Gasteiger partial charge in [-0.05, 0) is 55.5 Å². The van der Waals surface area contributed by atoms with Crippen LogP contribution in [0.3, 0.4) is 0 Å². The first kappa shape index (κ1) is 18.0. The van der Waals surface area contributed by atoms with E-state index >= 15 is 0 Å². The minimum atomic E-state index is -0.545. The van der Waals surface area contributed by atoms with Crippen LogP contribution < -0.4 is 0 Å². The lowest BCUT2D eigenvalue weighted by atomic mass is 10.1. The minimum absolute atomic E-state index is 0.413. The first-order valence-corrected chi connectivity index (χ1v) is 8.18. The fraction of sp³-hybridized carbons (Fsp3) is 0.0476. The van der Waals surface area contributed by atoms with Gasteiger partial charge in [-0.1, -0.05) is 46.2 Å². The Balaban J connectivity index is 1.56. The van der Waals surface area contributed by atoms with Crippen LogP contribution in [0.25, 0.3) is 0 Å². The zero-order valence-electron chi connectivity index (χ0n) is 14.5. The predicted octanol–water partition coefficient (Wildman–Crippen LogP) is 3.85. The lowest BCUT2D eigenvalue weighted by Gasteiger charge is -2.03. The number of nitrogens with zero attached hydrogens (tertiary/aromatic N) is 2. The second kappa shape index (κ2) is 8.53. The lowest BCUT2D eigenvalue weighted by Crippen LogP contribution is -2.07. The molecule has 0 aromatic heterocycles. The summed E-state index contributed by atoms with van der Waals surface area (Å²) in [6.45, 7) is 1.89. The minimum Gasteiger partial charge on any atom is -0.312 e. The summed E-state index contributed by atoms with van der Waals surface area (Å²) in [6.07, 6.45) is 6.38. The highest BCUT2D eigenvalue weighted by Crippen LogP contribution is 2.07. The molecule has 27 heavy (non-hydrogen) atoms. The lowest BCUT2D eigenvalue weighted by molar-refractivity contribution is 0.0508. The van der Waals surface area contributed by atoms with Crippen LogP contribution in [0.15, 0.2) is 89.2 Å². The van der Waals surface area contributed by atoms with E-state index in [9.17, 15) is 9.59 Å². The van der Waals surface area contributed by atoms with Crippen molar-refractivity contribution >= 4 is 23.4 Å². The molecular formula is C21H16N2O4. The quantitative estimate of drug-likeness (QED) is 0.471. The smallest absolute Gasteiger partial charge is 0.312 e. The monoisotopic (exact) mass is 360 g/mol. The predicted molar refractivity (Wildman–Crippen MR) is 102 cm³/mol. The highest BCUT2D eigenvalue weighted by molar-refractivity contribution is 6.18. The second-order valence-corrected chi connectivity index (χ2v) is 5.69. The van der Waals surface area contributed by atoms with E-state index in [-0.39, 0.29) is 0 Å². The zero-order chi connectivity index (χ0) is 19.1. The van der Waals surface area contributed by atoms with E-state index in [0.717, 1.165) is 5.56 Å². The molecule has 0 saturated carbocycles. The number of aryl methyl sites for hydroxylation is 1. The van der Waals surface area contributed by atoms with Crippen molar-refractivity contribution in [2.75, 3.05) is 0 Å². The highest BCUT2D eigenvalue weighted by atomic mass is 16.7. The molecule has 2 aromatic rings. The molecule has 134 valence electrons. The van der Waals surface area contributed by atoms with Gasteiger partial charge in [0.2, 0.25) is 0 Å². The van der Waals surface area contributed by atoms with Crippen LogP contribution in [0.5, 0.6) is 0 Å². The molecule has 0 radical (unpaired) electrons. The van der Waals surface area contributed by atoms with E-state index < -0.39 is 11.9 Å². The maximum atomic E-state index is 12.0. The topological polar surface area (TPSA) is 77.3 Å². The molecule has 0 aliphatic heterocycles. The fourth-order valence-corrected chi connectivity index (χ4v) is 2.21. The summed E-state index contributed by atoms with van der Waals surface area (Å²) in [7, 11) is 0. The molecule has 0 unspecified atom stereocenters. The van der Waals surface area contributed by atoms with Gasteiger partial charge in [-0.25, -0.2) is 9.59 Å². The van der Waals surface area contributed by atoms with E-state index in [4.69, 9.17) is 9.68 Å². The molecule has 0 N–H and O–H groups in total. The van der Waals surface area contributed by atoms with Gasteiger partial charge in [0, 0.05) is 0 Å². The van der Waals surface area contributed by atoms with E-state index in [0.29, 0.717) is 22.6 Å². The maximum Gasteiger partial charge on any atom is 0.365 e. The highest BCUT2D eigenvalue weighted by Gasteiger charge is 2.09. The summed E-state index contributed by atoms with van der Waals surface area (Å²) < 4.78 is 0. The zero-order valence-corrected chi connectivity index (χ0v) is 14.5. The number of rotatable bonds is 4. The third-order valence-electron chi connectivity index (χ3n) is 3.58. The van der Waals surface area contributed by atoms with Crippen molar-refractivity contribution in [2.24, 2.45) is 10.3 Å². The molecule has 6 nitrogen and oxygen atoms in total. The van der Waals surface area contributed by atoms with E-state index in [2.05, 4.69) is 10.3 Å². The Morgan fingerprint density at radius 1 is 0.704 bits per heavy atom. The van der Waals surface area contributed by atoms with Crippen molar-refractivity contribution in [3.8, 4) is 0 Å². The summed E-state index contributed by atoms with van der Waals surface area (Å²) >= 11 is 0. The third-order valence-corrected chi connectivity index (χ3v) is 3.58. The second-order valence-electron chi connectivity index (χ2n) is 5.69. The standard InChI is InChI=1S/C21H16N2O4/c1-15-6-5-9-17(14-15)21(25)27-23-19-12-10-18(11-13-19)22-26-20(24)16-7-3-2-4-8-16/h2-14H,1H3. The fourth-order valence-electron chi connectivity index (χ4n) is 2.21. The van der Waals surface area contributed by atoms with Gasteiger partial charge in [0.05, 0.1) is 11.1 Å². The van der Waals surface area contributed by atoms with Crippen LogP contribution in [0.2, 0.25) is 0 Å². The van der Waals surface area contributed by atoms with Gasteiger partial charge >= 0.3 is 11.9 Å². The largest absolute Gasteiger partial charge is 0.365 e. The molecule has 1 aliphatic rings. The molecule has 0 atom stereocenters. The van der Waals surface area contributed by atoms with Crippen molar-refractivity contribution in [1.82, 2.24) is 0 Å². The molecule has 0 amide bonds. The number of carbonyl (C=O) groups is 2. The van der Waals surface area contributed by atoms with Crippen molar-refractivity contribution < 1.29 is 19.3 Å². The summed E-state index contributed by atoms with van der Waals surface area (Å²) in [5.74, 6) is -1.08. The van der Waals surface area contributed by atoms with Gasteiger partial charge in [-0.2, -0.15) is 0 Å². The van der Waals surface area contributed by atoms with Crippen molar-refractivity contribution in [2.45, 2.75) is 6.92 Å². The van der Waals surface area contributed by atoms with Crippen LogP contribution in [-0.2, 0) is 9.68 Å². The van der Waals surface area contributed by atoms with Crippen LogP contribution in [0, 0.1) is 6.92 Å². The maximum absolute atomic E-state index is 12.0. The molecule has 0 fully saturated rings. The van der Waals surface area contributed by atoms with E-state index in [1.54, 1.807) is 66.8 Å². The van der Waals surface area contributed by atoms with Crippen LogP contribution in [-0.4, -0.2) is 23.4 Å². The summed E-state index contributed by atoms with van der Waals surface area (Å²) in [6, 6.07) is 15.6. The van der Waals surface area contributed by atoms with Crippen LogP contribution >= 0.6 is 0 Å². The van der Waals surface area contributed by atoms with Gasteiger partial charge in [0.1, 0.15) is 11.4 Å². The molecule has 2 aromatic carbocycles. The Morgan fingerprint density at radius 3 is 1.78 bits per heavy atom. The first-order valence-electron chi connectivity index (χ1n) is 8.18. The number of hydrogen-bond acceptors (Lipinski definition) is 6. The van der Waals surface area contributed by atoms with Gasteiger partial charge in [0.25, 0.3) is 0 Å². The van der Waals surface area contributed by atoms with Crippen molar-refractivity contribution in [3.63, 3.8) is 0 Å². The van der Waals surface area contributed by atoms with E-state index in [1.807, 2.05) is 19.1 Å². The van der Waals surface area contributed by atoms with Crippen molar-refractivity contribution in [3.05, 3.63) is 95.6 Å². The number of oxime groups is 2. The Morgan fingerprint density at radius 2 is 1.22 bits per heavy atom. The number of benzene rings is 2. The summed E-state index contributed by atoms with van der Waals surface area (Å²) in [4.78, 5) is 33.6. The van der Waals surface area contributed by atoms with Gasteiger partial charge in [-0.15, -0.1) is 0 Å². The van der Waals surface area contributed by atoms with E-state index in [1.165, 1.54) is 0 Å². The molecule has 6 heteroatoms. The number of hydrogen-bond donors (Lipinski definition) is 0. The molecule has 0 heterocycles. The first-order chi connectivity index (χ1) is 13.1. The molecule has 1 aliphatic carbocycles. The van der Waals surface area contributed by atoms with Crippen LogP contribution in [0.1, 0.15) is 26.3 Å². The Kier molecular flexibility index (Phi) is 5.69. The molecule has 0 bridgehead atoms. The molecular weight excluding hydrogens is 344 g/mol. The van der Waals surface area contributed by atoms with Gasteiger partial charge < -0.3 is 9.68 Å². The Bertz CT molecular complexity index is 955. The molecule has 3 rings (SSSR count). The third kappa shape index (κ3) is 5.09. The Labute approximate surface area is 156 Å². The summed E-state index contributed by atoms with van der Waals surface area (Å²) in [5, 5.41) is 7.57. The SMILES string of the molecule is Cc1cccc(C(=O)ON=C2C=CC(=NOC(=O)c3ccccc3)C=C2)c1. The average molecular weight is 360 g/mol. The van der Waals surface area contributed by atoms with Crippen molar-refractivity contribution in [1.29, 1.82) is 0 Å². The summed E-state index contributed by atoms with van der Waals surface area (Å²) in [5.41, 5.74) is 2.67. The molecule has 0 saturated heterocycles. The normalized spacial score (nSPS) is 12.5. The van der Waals surface area contributed by atoms with Gasteiger partial charge in [0.15, 0.2) is 0 Å². The number of allylic oxidation sites excluding steroid dienone is 4. The average Bonchev–Trinajstić information content (AvgIpc) is 2.71.